The number of hydrogen-bond donors (Lipinski definition) is 1. The van der Waals surface area contributed by atoms with Crippen LogP contribution >= 0.6 is 0 Å². The zero-order valence-electron chi connectivity index (χ0n) is 11.9. The van der Waals surface area contributed by atoms with Gasteiger partial charge in [0.2, 0.25) is 0 Å². The fourth-order valence-corrected chi connectivity index (χ4v) is 1.85. The van der Waals surface area contributed by atoms with E-state index in [1.54, 1.807) is 0 Å². The van der Waals surface area contributed by atoms with Gasteiger partial charge >= 0.3 is 0 Å². The first-order chi connectivity index (χ1) is 9.06. The molecule has 0 saturated heterocycles. The Bertz CT molecular complexity index is 544. The molecule has 0 amide bonds. The molecule has 0 fully saturated rings. The standard InChI is InChI=1S/C16H21N3/c1-4-12-5-7-13(8-6-12)14-9-10-18-15(19-14)16(2,3)11-17/h5-10H,4,11,17H2,1-3H3. The van der Waals surface area contributed by atoms with Gasteiger partial charge in [-0.25, -0.2) is 9.97 Å². The van der Waals surface area contributed by atoms with Crippen LogP contribution in [0.1, 0.15) is 32.2 Å². The van der Waals surface area contributed by atoms with E-state index in [4.69, 9.17) is 5.73 Å². The van der Waals surface area contributed by atoms with E-state index in [1.165, 1.54) is 5.56 Å². The van der Waals surface area contributed by atoms with Gasteiger partial charge in [0.25, 0.3) is 0 Å². The minimum Gasteiger partial charge on any atom is -0.329 e. The highest BCUT2D eigenvalue weighted by Crippen LogP contribution is 2.22. The highest BCUT2D eigenvalue weighted by Gasteiger charge is 2.22. The van der Waals surface area contributed by atoms with Crippen LogP contribution in [0.4, 0.5) is 0 Å². The van der Waals surface area contributed by atoms with E-state index in [9.17, 15) is 0 Å². The summed E-state index contributed by atoms with van der Waals surface area (Å²) in [5.74, 6) is 0.798. The lowest BCUT2D eigenvalue weighted by atomic mass is 9.92. The molecular formula is C16H21N3. The Morgan fingerprint density at radius 3 is 2.37 bits per heavy atom. The molecule has 19 heavy (non-hydrogen) atoms. The van der Waals surface area contributed by atoms with E-state index in [1.807, 2.05) is 12.3 Å². The first kappa shape index (κ1) is 13.7. The largest absolute Gasteiger partial charge is 0.329 e. The van der Waals surface area contributed by atoms with Gasteiger partial charge in [-0.2, -0.15) is 0 Å². The number of benzene rings is 1. The number of nitrogens with two attached hydrogens (primary N) is 1. The van der Waals surface area contributed by atoms with Crippen molar-refractivity contribution < 1.29 is 0 Å². The maximum atomic E-state index is 5.78. The van der Waals surface area contributed by atoms with Gasteiger partial charge in [-0.15, -0.1) is 0 Å². The molecule has 0 saturated carbocycles. The summed E-state index contributed by atoms with van der Waals surface area (Å²) in [4.78, 5) is 9.00. The summed E-state index contributed by atoms with van der Waals surface area (Å²) in [6.07, 6.45) is 2.86. The monoisotopic (exact) mass is 255 g/mol. The third kappa shape index (κ3) is 2.99. The Morgan fingerprint density at radius 1 is 1.11 bits per heavy atom. The Balaban J connectivity index is 2.37. The molecule has 3 nitrogen and oxygen atoms in total. The van der Waals surface area contributed by atoms with E-state index in [2.05, 4.69) is 55.0 Å². The molecule has 0 radical (unpaired) electrons. The van der Waals surface area contributed by atoms with Gasteiger partial charge in [0.15, 0.2) is 0 Å². The average Bonchev–Trinajstić information content (AvgIpc) is 2.47. The van der Waals surface area contributed by atoms with Crippen molar-refractivity contribution in [2.24, 2.45) is 5.73 Å². The van der Waals surface area contributed by atoms with Crippen LogP contribution in [0, 0.1) is 0 Å². The summed E-state index contributed by atoms with van der Waals surface area (Å²) in [6, 6.07) is 10.5. The third-order valence-corrected chi connectivity index (χ3v) is 3.43. The van der Waals surface area contributed by atoms with E-state index in [-0.39, 0.29) is 5.41 Å². The van der Waals surface area contributed by atoms with Crippen LogP contribution in [-0.2, 0) is 11.8 Å². The molecule has 2 aromatic rings. The zero-order chi connectivity index (χ0) is 13.9. The molecule has 0 aliphatic heterocycles. The molecule has 0 unspecified atom stereocenters. The van der Waals surface area contributed by atoms with Crippen molar-refractivity contribution in [1.82, 2.24) is 9.97 Å². The van der Waals surface area contributed by atoms with Crippen LogP contribution in [0.2, 0.25) is 0 Å². The van der Waals surface area contributed by atoms with Crippen LogP contribution in [0.5, 0.6) is 0 Å². The molecule has 2 N–H and O–H groups in total. The molecule has 1 heterocycles. The van der Waals surface area contributed by atoms with Gasteiger partial charge in [0.05, 0.1) is 5.69 Å². The van der Waals surface area contributed by atoms with Crippen molar-refractivity contribution in [2.45, 2.75) is 32.6 Å². The highest BCUT2D eigenvalue weighted by molar-refractivity contribution is 5.59. The predicted molar refractivity (Wildman–Crippen MR) is 78.9 cm³/mol. The van der Waals surface area contributed by atoms with Crippen molar-refractivity contribution in [1.29, 1.82) is 0 Å². The van der Waals surface area contributed by atoms with Crippen LogP contribution in [0.15, 0.2) is 36.5 Å². The number of aromatic nitrogens is 2. The predicted octanol–water partition coefficient (Wildman–Crippen LogP) is 2.94. The van der Waals surface area contributed by atoms with Crippen molar-refractivity contribution in [2.75, 3.05) is 6.54 Å². The minimum atomic E-state index is -0.195. The van der Waals surface area contributed by atoms with Crippen molar-refractivity contribution >= 4 is 0 Å². The maximum Gasteiger partial charge on any atom is 0.135 e. The van der Waals surface area contributed by atoms with Crippen molar-refractivity contribution in [3.8, 4) is 11.3 Å². The van der Waals surface area contributed by atoms with Gasteiger partial charge in [-0.3, -0.25) is 0 Å². The van der Waals surface area contributed by atoms with E-state index < -0.39 is 0 Å². The Kier molecular flexibility index (Phi) is 3.96. The molecule has 1 aromatic heterocycles. The molecule has 0 aliphatic rings. The molecule has 0 aliphatic carbocycles. The van der Waals surface area contributed by atoms with E-state index in [0.717, 1.165) is 23.5 Å². The highest BCUT2D eigenvalue weighted by atomic mass is 14.9. The second-order valence-electron chi connectivity index (χ2n) is 5.40. The van der Waals surface area contributed by atoms with Crippen LogP contribution in [0.25, 0.3) is 11.3 Å². The van der Waals surface area contributed by atoms with Crippen molar-refractivity contribution in [3.63, 3.8) is 0 Å². The summed E-state index contributed by atoms with van der Waals surface area (Å²) in [5, 5.41) is 0. The minimum absolute atomic E-state index is 0.195. The number of aryl methyl sites for hydroxylation is 1. The van der Waals surface area contributed by atoms with Crippen LogP contribution in [-0.4, -0.2) is 16.5 Å². The van der Waals surface area contributed by atoms with Gasteiger partial charge in [-0.1, -0.05) is 45.0 Å². The number of rotatable bonds is 4. The SMILES string of the molecule is CCc1ccc(-c2ccnc(C(C)(C)CN)n2)cc1. The smallest absolute Gasteiger partial charge is 0.135 e. The van der Waals surface area contributed by atoms with Crippen LogP contribution in [0.3, 0.4) is 0 Å². The zero-order valence-corrected chi connectivity index (χ0v) is 11.9. The fourth-order valence-electron chi connectivity index (χ4n) is 1.85. The molecule has 100 valence electrons. The van der Waals surface area contributed by atoms with Gasteiger partial charge in [0, 0.05) is 23.7 Å². The molecule has 0 spiro atoms. The lowest BCUT2D eigenvalue weighted by molar-refractivity contribution is 0.503. The maximum absolute atomic E-state index is 5.78. The van der Waals surface area contributed by atoms with E-state index in [0.29, 0.717) is 6.54 Å². The second kappa shape index (κ2) is 5.49. The third-order valence-electron chi connectivity index (χ3n) is 3.43. The average molecular weight is 255 g/mol. The summed E-state index contributed by atoms with van der Waals surface area (Å²) < 4.78 is 0. The summed E-state index contributed by atoms with van der Waals surface area (Å²) in [5.41, 5.74) is 9.00. The van der Waals surface area contributed by atoms with Gasteiger partial charge in [0.1, 0.15) is 5.82 Å². The molecular weight excluding hydrogens is 234 g/mol. The summed E-state index contributed by atoms with van der Waals surface area (Å²) in [6.45, 7) is 6.81. The molecule has 0 bridgehead atoms. The summed E-state index contributed by atoms with van der Waals surface area (Å²) >= 11 is 0. The Morgan fingerprint density at radius 2 is 1.79 bits per heavy atom. The molecule has 1 aromatic carbocycles. The quantitative estimate of drug-likeness (QED) is 0.913. The molecule has 3 heteroatoms. The Labute approximate surface area is 114 Å². The lowest BCUT2D eigenvalue weighted by Gasteiger charge is -2.20. The normalized spacial score (nSPS) is 11.6. The first-order valence-electron chi connectivity index (χ1n) is 6.69. The summed E-state index contributed by atoms with van der Waals surface area (Å²) in [7, 11) is 0. The van der Waals surface area contributed by atoms with E-state index >= 15 is 0 Å². The number of hydrogen-bond acceptors (Lipinski definition) is 3. The Hall–Kier alpha value is -1.74. The molecule has 2 rings (SSSR count). The van der Waals surface area contributed by atoms with Gasteiger partial charge < -0.3 is 5.73 Å². The topological polar surface area (TPSA) is 51.8 Å². The first-order valence-corrected chi connectivity index (χ1v) is 6.69. The van der Waals surface area contributed by atoms with Crippen LogP contribution < -0.4 is 5.73 Å². The molecule has 0 atom stereocenters. The van der Waals surface area contributed by atoms with Gasteiger partial charge in [-0.05, 0) is 18.1 Å². The fraction of sp³-hybridized carbons (Fsp3) is 0.375. The van der Waals surface area contributed by atoms with Crippen molar-refractivity contribution in [3.05, 3.63) is 47.9 Å². The lowest BCUT2D eigenvalue weighted by Crippen LogP contribution is -2.30. The second-order valence-corrected chi connectivity index (χ2v) is 5.40. The number of nitrogens with zero attached hydrogens (tertiary/aromatic N) is 2.